The molecule has 2 bridgehead atoms. The van der Waals surface area contributed by atoms with E-state index in [1.165, 1.54) is 24.3 Å². The third-order valence-corrected chi connectivity index (χ3v) is 7.96. The lowest BCUT2D eigenvalue weighted by molar-refractivity contribution is -0.136. The van der Waals surface area contributed by atoms with E-state index in [0.29, 0.717) is 18.4 Å². The first-order valence-electron chi connectivity index (χ1n) is 12.1. The number of phosphoric acid groups is 1. The van der Waals surface area contributed by atoms with Gasteiger partial charge in [-0.15, -0.1) is 0 Å². The highest BCUT2D eigenvalue weighted by Crippen LogP contribution is 2.52. The first-order valence-corrected chi connectivity index (χ1v) is 14.0. The zero-order valence-corrected chi connectivity index (χ0v) is 22.6. The van der Waals surface area contributed by atoms with Crippen LogP contribution in [0.25, 0.3) is 0 Å². The van der Waals surface area contributed by atoms with Gasteiger partial charge in [-0.05, 0) is 62.8 Å². The summed E-state index contributed by atoms with van der Waals surface area (Å²) in [6.45, 7) is 0.720. The Morgan fingerprint density at radius 2 is 1.54 bits per heavy atom. The smallest absolute Gasteiger partial charge is 0.469 e. The summed E-state index contributed by atoms with van der Waals surface area (Å²) in [4.78, 5) is 44.5. The summed E-state index contributed by atoms with van der Waals surface area (Å²) in [5.41, 5.74) is -1.54. The summed E-state index contributed by atoms with van der Waals surface area (Å²) in [7, 11) is -4.96. The van der Waals surface area contributed by atoms with Crippen LogP contribution in [0, 0.1) is 18.6 Å². The number of carbonyl (C=O) groups excluding carboxylic acids is 2. The number of ether oxygens (including phenoxy) is 2. The molecule has 10 nitrogen and oxygen atoms in total. The zero-order chi connectivity index (χ0) is 28.4. The minimum absolute atomic E-state index is 0.0176. The van der Waals surface area contributed by atoms with E-state index < -0.39 is 61.7 Å². The Kier molecular flexibility index (Phi) is 8.53. The lowest BCUT2D eigenvalue weighted by atomic mass is 9.60. The number of phosphoric ester groups is 1. The van der Waals surface area contributed by atoms with E-state index >= 15 is 0 Å². The molecule has 0 heterocycles. The van der Waals surface area contributed by atoms with E-state index in [2.05, 4.69) is 10.6 Å². The molecule has 1 atom stereocenters. The van der Waals surface area contributed by atoms with Gasteiger partial charge in [0, 0.05) is 17.7 Å². The molecular weight excluding hydrogens is 561 g/mol. The lowest BCUT2D eigenvalue weighted by Crippen LogP contribution is -2.71. The molecule has 2 aromatic rings. The molecule has 0 radical (unpaired) electrons. The molecule has 14 heteroatoms. The minimum Gasteiger partial charge on any atom is -0.484 e. The van der Waals surface area contributed by atoms with Gasteiger partial charge in [0.05, 0.1) is 16.7 Å². The summed E-state index contributed by atoms with van der Waals surface area (Å²) in [6, 6.07) is 7.96. The lowest BCUT2D eigenvalue weighted by Gasteiger charge is -2.57. The average Bonchev–Trinajstić information content (AvgIpc) is 2.85. The monoisotopic (exact) mass is 588 g/mol. The Morgan fingerprint density at radius 1 is 0.974 bits per heavy atom. The molecule has 3 aliphatic rings. The summed E-state index contributed by atoms with van der Waals surface area (Å²) < 4.78 is 55.0. The molecule has 3 saturated carbocycles. The first-order chi connectivity index (χ1) is 18.3. The minimum atomic E-state index is -4.96. The van der Waals surface area contributed by atoms with Crippen molar-refractivity contribution in [3.05, 3.63) is 58.6 Å². The molecule has 0 saturated heterocycles. The number of aryl methyl sites for hydroxylation is 1. The summed E-state index contributed by atoms with van der Waals surface area (Å²) in [5, 5.41) is 5.59. The largest absolute Gasteiger partial charge is 0.484 e. The van der Waals surface area contributed by atoms with Crippen molar-refractivity contribution in [1.82, 2.24) is 10.6 Å². The van der Waals surface area contributed by atoms with Gasteiger partial charge in [-0.1, -0.05) is 17.7 Å². The summed E-state index contributed by atoms with van der Waals surface area (Å²) >= 11 is 5.65. The van der Waals surface area contributed by atoms with Gasteiger partial charge in [0.1, 0.15) is 23.1 Å². The molecular formula is C25H28ClF2N2O8P. The van der Waals surface area contributed by atoms with Crippen LogP contribution in [0.15, 0.2) is 36.4 Å². The van der Waals surface area contributed by atoms with E-state index in [9.17, 15) is 32.7 Å². The predicted molar refractivity (Wildman–Crippen MR) is 135 cm³/mol. The van der Waals surface area contributed by atoms with Gasteiger partial charge < -0.3 is 29.9 Å². The van der Waals surface area contributed by atoms with Gasteiger partial charge in [-0.3, -0.25) is 14.1 Å². The van der Waals surface area contributed by atoms with Gasteiger partial charge >= 0.3 is 7.82 Å². The van der Waals surface area contributed by atoms with Crippen molar-refractivity contribution in [3.8, 4) is 11.5 Å². The Labute approximate surface area is 228 Å². The number of rotatable bonds is 10. The van der Waals surface area contributed by atoms with Crippen LogP contribution in [0.1, 0.15) is 37.7 Å². The van der Waals surface area contributed by atoms with Gasteiger partial charge in [-0.2, -0.15) is 0 Å². The molecule has 0 aromatic heterocycles. The fourth-order valence-corrected chi connectivity index (χ4v) is 5.84. The van der Waals surface area contributed by atoms with Crippen molar-refractivity contribution in [2.45, 2.75) is 56.2 Å². The topological polar surface area (TPSA) is 143 Å². The Bertz CT molecular complexity index is 1300. The van der Waals surface area contributed by atoms with Crippen molar-refractivity contribution in [3.63, 3.8) is 0 Å². The maximum absolute atomic E-state index is 13.8. The van der Waals surface area contributed by atoms with Crippen molar-refractivity contribution in [2.75, 3.05) is 13.2 Å². The highest BCUT2D eigenvalue weighted by Gasteiger charge is 2.57. The van der Waals surface area contributed by atoms with Crippen LogP contribution >= 0.6 is 19.4 Å². The van der Waals surface area contributed by atoms with E-state index in [1.54, 1.807) is 6.92 Å². The van der Waals surface area contributed by atoms with Crippen molar-refractivity contribution >= 4 is 31.2 Å². The second kappa shape index (κ2) is 11.4. The number of fused-ring (bicyclic) bond motifs is 3. The molecule has 3 fully saturated rings. The van der Waals surface area contributed by atoms with Crippen LogP contribution in [0.4, 0.5) is 8.78 Å². The Balaban J connectivity index is 1.39. The fourth-order valence-electron chi connectivity index (χ4n) is 5.11. The molecule has 0 aliphatic heterocycles. The fraction of sp³-hybridized carbons (Fsp3) is 0.440. The highest BCUT2D eigenvalue weighted by atomic mass is 35.5. The molecule has 3 aliphatic carbocycles. The number of halogens is 3. The van der Waals surface area contributed by atoms with E-state index in [-0.39, 0.29) is 35.8 Å². The number of nitrogens with one attached hydrogen (secondary N) is 2. The Morgan fingerprint density at radius 3 is 2.10 bits per heavy atom. The van der Waals surface area contributed by atoms with Crippen LogP contribution in [0.3, 0.4) is 0 Å². The third kappa shape index (κ3) is 7.26. The van der Waals surface area contributed by atoms with Crippen LogP contribution in [-0.2, 0) is 18.7 Å². The molecule has 2 aromatic carbocycles. The molecule has 5 rings (SSSR count). The molecule has 39 heavy (non-hydrogen) atoms. The summed E-state index contributed by atoms with van der Waals surface area (Å²) in [5.74, 6) is -2.00. The van der Waals surface area contributed by atoms with Gasteiger partial charge in [0.25, 0.3) is 11.8 Å². The molecule has 4 N–H and O–H groups in total. The van der Waals surface area contributed by atoms with Gasteiger partial charge in [0.15, 0.2) is 13.2 Å². The number of carbonyl (C=O) groups is 2. The quantitative estimate of drug-likeness (QED) is 0.309. The first kappa shape index (κ1) is 29.2. The molecule has 0 spiro atoms. The second-order valence-electron chi connectivity index (χ2n) is 9.89. The summed E-state index contributed by atoms with van der Waals surface area (Å²) in [6.07, 6.45) is 0.189. The van der Waals surface area contributed by atoms with Gasteiger partial charge in [-0.25, -0.2) is 13.3 Å². The number of hydrogen-bond donors (Lipinski definition) is 4. The maximum Gasteiger partial charge on any atom is 0.469 e. The highest BCUT2D eigenvalue weighted by molar-refractivity contribution is 7.46. The number of amides is 2. The van der Waals surface area contributed by atoms with E-state index in [0.717, 1.165) is 12.1 Å². The van der Waals surface area contributed by atoms with Crippen molar-refractivity contribution in [1.29, 1.82) is 0 Å². The van der Waals surface area contributed by atoms with E-state index in [4.69, 9.17) is 25.6 Å². The molecule has 2 amide bonds. The number of hydrogen-bond acceptors (Lipinski definition) is 6. The third-order valence-electron chi connectivity index (χ3n) is 7.12. The van der Waals surface area contributed by atoms with Crippen LogP contribution in [0.5, 0.6) is 11.5 Å². The predicted octanol–water partition coefficient (Wildman–Crippen LogP) is 3.55. The van der Waals surface area contributed by atoms with Gasteiger partial charge in [0.2, 0.25) is 0 Å². The Hall–Kier alpha value is -2.76. The van der Waals surface area contributed by atoms with E-state index in [1.807, 2.05) is 0 Å². The van der Waals surface area contributed by atoms with Crippen molar-refractivity contribution in [2.24, 2.45) is 0 Å². The van der Waals surface area contributed by atoms with Crippen LogP contribution in [0.2, 0.25) is 5.02 Å². The maximum atomic E-state index is 13.8. The van der Waals surface area contributed by atoms with Crippen LogP contribution in [-0.4, -0.2) is 52.0 Å². The van der Waals surface area contributed by atoms with Crippen LogP contribution < -0.4 is 20.1 Å². The second-order valence-corrected chi connectivity index (χ2v) is 11.5. The zero-order valence-electron chi connectivity index (χ0n) is 20.9. The molecule has 0 unspecified atom stereocenters. The normalized spacial score (nSPS) is 24.2. The number of benzene rings is 2. The average molecular weight is 589 g/mol. The van der Waals surface area contributed by atoms with Crippen molar-refractivity contribution < 1.29 is 46.7 Å². The standard InChI is InChI=1S/C25H28ClF2N2O8P/c1-15-2-3-16(10-19(15)27)37-14-23(32)30-25-8-6-24(7-9-25,12-21(25)38-39(33,34)35)29-22(31)13-36-17-4-5-18(26)20(28)11-17/h2-5,10-11,21H,6-9,12-14H2,1H3,(H,29,31)(H,30,32)(H2,33,34,35)/t21-,24?,25?/m0/s1. The molecule has 212 valence electrons. The SMILES string of the molecule is Cc1ccc(OCC(=O)NC23CCC(NC(=O)COc4ccc(Cl)c(F)c4)(CC2)C[C@@H]3OP(=O)(O)O)cc1F.